The zero-order valence-electron chi connectivity index (χ0n) is 11.0. The molecule has 0 N–H and O–H groups in total. The number of nitrogens with zero attached hydrogens (tertiary/aromatic N) is 3. The molecule has 1 heterocycles. The number of benzene rings is 1. The van der Waals surface area contributed by atoms with E-state index in [4.69, 9.17) is 10.00 Å². The summed E-state index contributed by atoms with van der Waals surface area (Å²) in [5.41, 5.74) is 2.45. The molecule has 2 rings (SSSR count). The highest BCUT2D eigenvalue weighted by atomic mass is 32.1. The van der Waals surface area contributed by atoms with Crippen LogP contribution in [-0.4, -0.2) is 7.11 Å². The molecule has 19 heavy (non-hydrogen) atoms. The van der Waals surface area contributed by atoms with E-state index in [0.717, 1.165) is 16.1 Å². The Morgan fingerprint density at radius 2 is 2.05 bits per heavy atom. The van der Waals surface area contributed by atoms with E-state index in [2.05, 4.69) is 16.3 Å². The van der Waals surface area contributed by atoms with Gasteiger partial charge in [-0.05, 0) is 31.5 Å². The lowest BCUT2D eigenvalue weighted by atomic mass is 10.2. The van der Waals surface area contributed by atoms with Crippen LogP contribution in [0.15, 0.2) is 34.5 Å². The predicted molar refractivity (Wildman–Crippen MR) is 75.7 cm³/mol. The van der Waals surface area contributed by atoms with E-state index in [9.17, 15) is 0 Å². The first-order chi connectivity index (χ1) is 9.15. The summed E-state index contributed by atoms with van der Waals surface area (Å²) in [6.07, 6.45) is 0. The van der Waals surface area contributed by atoms with Crippen LogP contribution in [0, 0.1) is 25.2 Å². The lowest BCUT2D eigenvalue weighted by Gasteiger charge is -1.97. The van der Waals surface area contributed by atoms with Gasteiger partial charge in [-0.25, -0.2) is 0 Å². The fraction of sp³-hybridized carbons (Fsp3) is 0.214. The van der Waals surface area contributed by atoms with Crippen molar-refractivity contribution in [1.29, 1.82) is 5.26 Å². The number of nitriles is 1. The zero-order valence-corrected chi connectivity index (χ0v) is 11.8. The second kappa shape index (κ2) is 5.63. The van der Waals surface area contributed by atoms with Crippen LogP contribution in [0.25, 0.3) is 0 Å². The van der Waals surface area contributed by atoms with Crippen LogP contribution in [0.5, 0.6) is 5.75 Å². The minimum absolute atomic E-state index is 0.501. The number of aryl methyl sites for hydroxylation is 2. The van der Waals surface area contributed by atoms with Crippen molar-refractivity contribution in [3.8, 4) is 11.8 Å². The Morgan fingerprint density at radius 3 is 2.68 bits per heavy atom. The van der Waals surface area contributed by atoms with E-state index in [1.165, 1.54) is 18.4 Å². The van der Waals surface area contributed by atoms with Crippen molar-refractivity contribution in [3.63, 3.8) is 0 Å². The van der Waals surface area contributed by atoms with E-state index in [0.29, 0.717) is 16.3 Å². The monoisotopic (exact) mass is 271 g/mol. The van der Waals surface area contributed by atoms with E-state index >= 15 is 0 Å². The normalized spacial score (nSPS) is 10.6. The molecular weight excluding hydrogens is 258 g/mol. The highest BCUT2D eigenvalue weighted by molar-refractivity contribution is 7.16. The molecule has 1 aromatic carbocycles. The van der Waals surface area contributed by atoms with Gasteiger partial charge in [-0.15, -0.1) is 21.6 Å². The molecular formula is C14H13N3OS. The standard InChI is InChI=1S/C14H13N3OS/c1-9-5-4-6-11(7-9)16-17-14-13(18-3)12(8-15)10(2)19-14/h4-7H,1-3H3. The minimum Gasteiger partial charge on any atom is -0.492 e. The summed E-state index contributed by atoms with van der Waals surface area (Å²) in [6, 6.07) is 9.89. The fourth-order valence-corrected chi connectivity index (χ4v) is 2.58. The third-order valence-electron chi connectivity index (χ3n) is 2.60. The molecule has 96 valence electrons. The number of rotatable bonds is 3. The molecule has 0 spiro atoms. The van der Waals surface area contributed by atoms with E-state index in [-0.39, 0.29) is 0 Å². The zero-order chi connectivity index (χ0) is 13.8. The number of methoxy groups -OCH3 is 1. The van der Waals surface area contributed by atoms with Crippen LogP contribution < -0.4 is 4.74 Å². The van der Waals surface area contributed by atoms with Gasteiger partial charge in [0.1, 0.15) is 11.6 Å². The maximum Gasteiger partial charge on any atom is 0.182 e. The fourth-order valence-electron chi connectivity index (χ4n) is 1.69. The third kappa shape index (κ3) is 2.80. The lowest BCUT2D eigenvalue weighted by Crippen LogP contribution is -1.83. The van der Waals surface area contributed by atoms with Crippen molar-refractivity contribution in [2.24, 2.45) is 10.2 Å². The Balaban J connectivity index is 2.36. The smallest absolute Gasteiger partial charge is 0.182 e. The summed E-state index contributed by atoms with van der Waals surface area (Å²) in [5.74, 6) is 0.501. The summed E-state index contributed by atoms with van der Waals surface area (Å²) in [5, 5.41) is 18.1. The van der Waals surface area contributed by atoms with Crippen LogP contribution in [0.3, 0.4) is 0 Å². The van der Waals surface area contributed by atoms with Crippen LogP contribution in [0.1, 0.15) is 16.0 Å². The molecule has 0 fully saturated rings. The third-order valence-corrected chi connectivity index (χ3v) is 3.57. The molecule has 0 aliphatic carbocycles. The van der Waals surface area contributed by atoms with Crippen molar-refractivity contribution in [2.45, 2.75) is 13.8 Å². The number of hydrogen-bond acceptors (Lipinski definition) is 5. The Kier molecular flexibility index (Phi) is 3.93. The van der Waals surface area contributed by atoms with Crippen molar-refractivity contribution in [2.75, 3.05) is 7.11 Å². The average molecular weight is 271 g/mol. The Bertz CT molecular complexity index is 668. The first kappa shape index (κ1) is 13.2. The maximum absolute atomic E-state index is 9.07. The summed E-state index contributed by atoms with van der Waals surface area (Å²) < 4.78 is 5.23. The second-order valence-corrected chi connectivity index (χ2v) is 5.23. The molecule has 5 heteroatoms. The van der Waals surface area contributed by atoms with Gasteiger partial charge in [-0.3, -0.25) is 0 Å². The number of ether oxygens (including phenoxy) is 1. The second-order valence-electron chi connectivity index (χ2n) is 4.02. The molecule has 0 saturated carbocycles. The van der Waals surface area contributed by atoms with Crippen LogP contribution in [-0.2, 0) is 0 Å². The van der Waals surface area contributed by atoms with Gasteiger partial charge in [0, 0.05) is 4.88 Å². The van der Waals surface area contributed by atoms with Gasteiger partial charge in [-0.2, -0.15) is 5.26 Å². The highest BCUT2D eigenvalue weighted by Gasteiger charge is 2.16. The Hall–Kier alpha value is -2.19. The lowest BCUT2D eigenvalue weighted by molar-refractivity contribution is 0.416. The summed E-state index contributed by atoms with van der Waals surface area (Å²) >= 11 is 1.41. The number of thiophene rings is 1. The number of azo groups is 1. The molecule has 0 radical (unpaired) electrons. The molecule has 0 aliphatic rings. The van der Waals surface area contributed by atoms with Crippen molar-refractivity contribution < 1.29 is 4.74 Å². The Morgan fingerprint density at radius 1 is 1.26 bits per heavy atom. The van der Waals surface area contributed by atoms with Gasteiger partial charge in [0.05, 0.1) is 12.8 Å². The van der Waals surface area contributed by atoms with Crippen LogP contribution in [0.4, 0.5) is 10.7 Å². The average Bonchev–Trinajstić information content (AvgIpc) is 2.71. The van der Waals surface area contributed by atoms with Gasteiger partial charge >= 0.3 is 0 Å². The molecule has 0 aliphatic heterocycles. The van der Waals surface area contributed by atoms with Crippen molar-refractivity contribution >= 4 is 22.0 Å². The minimum atomic E-state index is 0.501. The molecule has 0 saturated heterocycles. The van der Waals surface area contributed by atoms with Crippen molar-refractivity contribution in [3.05, 3.63) is 40.3 Å². The van der Waals surface area contributed by atoms with E-state index < -0.39 is 0 Å². The maximum atomic E-state index is 9.07. The molecule has 0 unspecified atom stereocenters. The first-order valence-electron chi connectivity index (χ1n) is 5.71. The van der Waals surface area contributed by atoms with Crippen LogP contribution in [0.2, 0.25) is 0 Å². The topological polar surface area (TPSA) is 57.7 Å². The number of hydrogen-bond donors (Lipinski definition) is 0. The van der Waals surface area contributed by atoms with Gasteiger partial charge < -0.3 is 4.74 Å². The first-order valence-corrected chi connectivity index (χ1v) is 6.53. The van der Waals surface area contributed by atoms with E-state index in [1.54, 1.807) is 0 Å². The van der Waals surface area contributed by atoms with Gasteiger partial charge in [-0.1, -0.05) is 12.1 Å². The molecule has 1 aromatic heterocycles. The SMILES string of the molecule is COc1c(N=Nc2cccc(C)c2)sc(C)c1C#N. The van der Waals surface area contributed by atoms with Crippen molar-refractivity contribution in [1.82, 2.24) is 0 Å². The predicted octanol–water partition coefficient (Wildman–Crippen LogP) is 4.66. The highest BCUT2D eigenvalue weighted by Crippen LogP contribution is 2.42. The van der Waals surface area contributed by atoms with Gasteiger partial charge in [0.25, 0.3) is 0 Å². The summed E-state index contributed by atoms with van der Waals surface area (Å²) in [4.78, 5) is 0.887. The molecule has 2 aromatic rings. The quantitative estimate of drug-likeness (QED) is 0.762. The summed E-state index contributed by atoms with van der Waals surface area (Å²) in [6.45, 7) is 3.88. The van der Waals surface area contributed by atoms with E-state index in [1.807, 2.05) is 38.1 Å². The molecule has 4 nitrogen and oxygen atoms in total. The largest absolute Gasteiger partial charge is 0.492 e. The Labute approximate surface area is 116 Å². The van der Waals surface area contributed by atoms with Crippen LogP contribution >= 0.6 is 11.3 Å². The van der Waals surface area contributed by atoms with Gasteiger partial charge in [0.15, 0.2) is 10.8 Å². The summed E-state index contributed by atoms with van der Waals surface area (Å²) in [7, 11) is 1.54. The van der Waals surface area contributed by atoms with Gasteiger partial charge in [0.2, 0.25) is 0 Å². The molecule has 0 atom stereocenters. The molecule has 0 bridgehead atoms. The molecule has 0 amide bonds.